The molecule has 0 bridgehead atoms. The molecule has 0 saturated heterocycles. The topological polar surface area (TPSA) is 55.1 Å². The molecule has 1 amide bonds. The van der Waals surface area contributed by atoms with Crippen molar-refractivity contribution in [2.24, 2.45) is 11.7 Å². The molecule has 1 heterocycles. The number of hydrogen-bond donors (Lipinski definition) is 2. The van der Waals surface area contributed by atoms with E-state index in [4.69, 9.17) is 5.73 Å². The van der Waals surface area contributed by atoms with Crippen molar-refractivity contribution in [1.82, 2.24) is 0 Å². The molecule has 3 N–H and O–H groups in total. The monoisotopic (exact) mass is 274 g/mol. The molecule has 110 valence electrons. The second-order valence-electron chi connectivity index (χ2n) is 6.04. The number of anilines is 1. The minimum Gasteiger partial charge on any atom is -0.325 e. The van der Waals surface area contributed by atoms with E-state index in [0.717, 1.165) is 24.1 Å². The highest BCUT2D eigenvalue weighted by molar-refractivity contribution is 6.04. The molecule has 0 radical (unpaired) electrons. The van der Waals surface area contributed by atoms with E-state index in [0.29, 0.717) is 5.92 Å². The summed E-state index contributed by atoms with van der Waals surface area (Å²) >= 11 is 0. The van der Waals surface area contributed by atoms with Crippen molar-refractivity contribution in [3.05, 3.63) is 28.3 Å². The maximum atomic E-state index is 12.1. The Balaban J connectivity index is 2.55. The van der Waals surface area contributed by atoms with E-state index in [1.165, 1.54) is 16.7 Å². The molecule has 0 saturated carbocycles. The number of carbonyl (C=O) groups excluding carboxylic acids is 1. The van der Waals surface area contributed by atoms with Gasteiger partial charge in [-0.05, 0) is 48.4 Å². The normalized spacial score (nSPS) is 20.5. The fourth-order valence-electron chi connectivity index (χ4n) is 3.07. The average Bonchev–Trinajstić information content (AvgIpc) is 2.76. The highest BCUT2D eigenvalue weighted by atomic mass is 16.2. The molecule has 20 heavy (non-hydrogen) atoms. The van der Waals surface area contributed by atoms with Crippen molar-refractivity contribution < 1.29 is 4.79 Å². The van der Waals surface area contributed by atoms with Crippen molar-refractivity contribution in [3.63, 3.8) is 0 Å². The standard InChI is InChI=1S/C17H26N2O/c1-6-9(3)15(18)13-8-14-12(7-2)17(20)19-16(14)11(5)10(13)4/h8-9,12,15H,6-7,18H2,1-5H3,(H,19,20). The molecule has 1 aromatic carbocycles. The lowest BCUT2D eigenvalue weighted by Gasteiger charge is -2.23. The first kappa shape index (κ1) is 15.0. The zero-order chi connectivity index (χ0) is 15.0. The van der Waals surface area contributed by atoms with Crippen LogP contribution in [0.25, 0.3) is 0 Å². The molecule has 0 fully saturated rings. The number of carbonyl (C=O) groups is 1. The van der Waals surface area contributed by atoms with Crippen molar-refractivity contribution in [1.29, 1.82) is 0 Å². The second-order valence-corrected chi connectivity index (χ2v) is 6.04. The van der Waals surface area contributed by atoms with E-state index in [1.54, 1.807) is 0 Å². The number of nitrogens with one attached hydrogen (secondary N) is 1. The first-order valence-corrected chi connectivity index (χ1v) is 7.62. The fourth-order valence-corrected chi connectivity index (χ4v) is 3.07. The predicted molar refractivity (Wildman–Crippen MR) is 84.0 cm³/mol. The van der Waals surface area contributed by atoms with Crippen LogP contribution in [0, 0.1) is 19.8 Å². The highest BCUT2D eigenvalue weighted by Crippen LogP contribution is 2.41. The van der Waals surface area contributed by atoms with Gasteiger partial charge in [-0.2, -0.15) is 0 Å². The number of rotatable bonds is 4. The lowest BCUT2D eigenvalue weighted by atomic mass is 9.85. The van der Waals surface area contributed by atoms with Crippen molar-refractivity contribution in [2.75, 3.05) is 5.32 Å². The van der Waals surface area contributed by atoms with Gasteiger partial charge in [0.25, 0.3) is 0 Å². The Labute approximate surface area is 121 Å². The molecule has 2 rings (SSSR count). The number of hydrogen-bond acceptors (Lipinski definition) is 2. The summed E-state index contributed by atoms with van der Waals surface area (Å²) in [6.07, 6.45) is 1.89. The van der Waals surface area contributed by atoms with E-state index in [1.807, 2.05) is 0 Å². The number of amides is 1. The van der Waals surface area contributed by atoms with Gasteiger partial charge in [-0.1, -0.05) is 33.3 Å². The van der Waals surface area contributed by atoms with Gasteiger partial charge in [-0.25, -0.2) is 0 Å². The van der Waals surface area contributed by atoms with Gasteiger partial charge in [0.2, 0.25) is 5.91 Å². The highest BCUT2D eigenvalue weighted by Gasteiger charge is 2.32. The van der Waals surface area contributed by atoms with Crippen LogP contribution in [0.1, 0.15) is 67.8 Å². The average molecular weight is 274 g/mol. The van der Waals surface area contributed by atoms with Gasteiger partial charge >= 0.3 is 0 Å². The minimum absolute atomic E-state index is 0.0211. The molecule has 3 atom stereocenters. The molecule has 1 aliphatic heterocycles. The predicted octanol–water partition coefficient (Wildman–Crippen LogP) is 3.80. The zero-order valence-corrected chi connectivity index (χ0v) is 13.2. The summed E-state index contributed by atoms with van der Waals surface area (Å²) in [5.74, 6) is 0.544. The molecule has 0 spiro atoms. The largest absolute Gasteiger partial charge is 0.325 e. The third-order valence-electron chi connectivity index (χ3n) is 4.93. The van der Waals surface area contributed by atoms with Gasteiger partial charge in [0.05, 0.1) is 5.92 Å². The Hall–Kier alpha value is -1.35. The first-order valence-electron chi connectivity index (χ1n) is 7.62. The summed E-state index contributed by atoms with van der Waals surface area (Å²) in [5.41, 5.74) is 12.2. The lowest BCUT2D eigenvalue weighted by Crippen LogP contribution is -2.20. The fraction of sp³-hybridized carbons (Fsp3) is 0.588. The van der Waals surface area contributed by atoms with Gasteiger partial charge < -0.3 is 11.1 Å². The number of benzene rings is 1. The van der Waals surface area contributed by atoms with E-state index in [-0.39, 0.29) is 17.9 Å². The molecule has 3 heteroatoms. The number of nitrogens with two attached hydrogens (primary N) is 1. The van der Waals surface area contributed by atoms with Crippen LogP contribution < -0.4 is 11.1 Å². The third kappa shape index (κ3) is 2.24. The van der Waals surface area contributed by atoms with Crippen LogP contribution in [0.3, 0.4) is 0 Å². The second kappa shape index (κ2) is 5.57. The third-order valence-corrected chi connectivity index (χ3v) is 4.93. The van der Waals surface area contributed by atoms with E-state index in [9.17, 15) is 4.79 Å². The summed E-state index contributed by atoms with van der Waals surface area (Å²) in [6, 6.07) is 2.21. The quantitative estimate of drug-likeness (QED) is 0.877. The first-order chi connectivity index (χ1) is 9.42. The van der Waals surface area contributed by atoms with E-state index >= 15 is 0 Å². The van der Waals surface area contributed by atoms with Gasteiger partial charge in [0.1, 0.15) is 0 Å². The van der Waals surface area contributed by atoms with E-state index < -0.39 is 0 Å². The van der Waals surface area contributed by atoms with Gasteiger partial charge in [0, 0.05) is 11.7 Å². The SMILES string of the molecule is CCC1C(=O)Nc2c1cc(C(N)C(C)CC)c(C)c2C. The molecule has 1 aliphatic rings. The zero-order valence-electron chi connectivity index (χ0n) is 13.2. The lowest BCUT2D eigenvalue weighted by molar-refractivity contribution is -0.117. The number of fused-ring (bicyclic) bond motifs is 1. The van der Waals surface area contributed by atoms with Crippen LogP contribution in [0.2, 0.25) is 0 Å². The summed E-state index contributed by atoms with van der Waals surface area (Å²) in [4.78, 5) is 12.1. The molecule has 1 aromatic rings. The van der Waals surface area contributed by atoms with Gasteiger partial charge in [-0.15, -0.1) is 0 Å². The van der Waals surface area contributed by atoms with E-state index in [2.05, 4.69) is 46.0 Å². The Morgan fingerprint density at radius 3 is 2.50 bits per heavy atom. The van der Waals surface area contributed by atoms with Crippen LogP contribution in [0.4, 0.5) is 5.69 Å². The van der Waals surface area contributed by atoms with Crippen LogP contribution in [-0.2, 0) is 4.79 Å². The van der Waals surface area contributed by atoms with Crippen LogP contribution >= 0.6 is 0 Å². The molecule has 0 aromatic heterocycles. The van der Waals surface area contributed by atoms with Gasteiger partial charge in [-0.3, -0.25) is 4.79 Å². The maximum Gasteiger partial charge on any atom is 0.232 e. The summed E-state index contributed by atoms with van der Waals surface area (Å²) < 4.78 is 0. The van der Waals surface area contributed by atoms with Crippen LogP contribution in [0.5, 0.6) is 0 Å². The Morgan fingerprint density at radius 1 is 1.30 bits per heavy atom. The van der Waals surface area contributed by atoms with Gasteiger partial charge in [0.15, 0.2) is 0 Å². The van der Waals surface area contributed by atoms with Crippen molar-refractivity contribution >= 4 is 11.6 Å². The van der Waals surface area contributed by atoms with Crippen molar-refractivity contribution in [3.8, 4) is 0 Å². The molecule has 0 aliphatic carbocycles. The summed E-state index contributed by atoms with van der Waals surface area (Å²) in [6.45, 7) is 10.6. The Bertz CT molecular complexity index is 536. The summed E-state index contributed by atoms with van der Waals surface area (Å²) in [5, 5.41) is 3.04. The maximum absolute atomic E-state index is 12.1. The Kier molecular flexibility index (Phi) is 4.19. The molecular weight excluding hydrogens is 248 g/mol. The molecule has 3 nitrogen and oxygen atoms in total. The van der Waals surface area contributed by atoms with Crippen LogP contribution in [0.15, 0.2) is 6.07 Å². The minimum atomic E-state index is -0.0211. The smallest absolute Gasteiger partial charge is 0.232 e. The summed E-state index contributed by atoms with van der Waals surface area (Å²) in [7, 11) is 0. The Morgan fingerprint density at radius 2 is 1.95 bits per heavy atom. The molecular formula is C17H26N2O. The van der Waals surface area contributed by atoms with Crippen LogP contribution in [-0.4, -0.2) is 5.91 Å². The molecule has 3 unspecified atom stereocenters. The van der Waals surface area contributed by atoms with Crippen molar-refractivity contribution in [2.45, 2.75) is 59.4 Å².